The van der Waals surface area contributed by atoms with E-state index in [-0.39, 0.29) is 12.6 Å². The van der Waals surface area contributed by atoms with E-state index < -0.39 is 12.8 Å². The quantitative estimate of drug-likeness (QED) is 0.798. The van der Waals surface area contributed by atoms with Crippen LogP contribution < -0.4 is 5.73 Å². The van der Waals surface area contributed by atoms with Crippen LogP contribution >= 0.6 is 0 Å². The van der Waals surface area contributed by atoms with Gasteiger partial charge in [0.2, 0.25) is 0 Å². The molecule has 2 N–H and O–H groups in total. The molecular weight excluding hydrogens is 243 g/mol. The first-order valence-corrected chi connectivity index (χ1v) is 5.91. The summed E-state index contributed by atoms with van der Waals surface area (Å²) in [5.41, 5.74) is 8.01. The standard InChI is InChI=1S/C13H18F3NO/c1-2-10-4-3-5-11(8-10)12(17)6-7-18-9-13(14,15)16/h3-5,8,12H,2,6-7,9,17H2,1H3. The van der Waals surface area contributed by atoms with Crippen LogP contribution in [0.3, 0.4) is 0 Å². The number of benzene rings is 1. The molecule has 2 nitrogen and oxygen atoms in total. The molecule has 0 amide bonds. The van der Waals surface area contributed by atoms with Gasteiger partial charge in [-0.3, -0.25) is 0 Å². The highest BCUT2D eigenvalue weighted by Crippen LogP contribution is 2.18. The molecule has 1 rings (SSSR count). The van der Waals surface area contributed by atoms with Crippen molar-refractivity contribution in [1.29, 1.82) is 0 Å². The van der Waals surface area contributed by atoms with Gasteiger partial charge in [0.1, 0.15) is 6.61 Å². The Morgan fingerprint density at radius 2 is 2.06 bits per heavy atom. The molecule has 102 valence electrons. The average molecular weight is 261 g/mol. The fraction of sp³-hybridized carbons (Fsp3) is 0.538. The third-order valence-corrected chi connectivity index (χ3v) is 2.63. The second-order valence-electron chi connectivity index (χ2n) is 4.16. The van der Waals surface area contributed by atoms with E-state index in [2.05, 4.69) is 4.74 Å². The Kier molecular flexibility index (Phi) is 5.62. The van der Waals surface area contributed by atoms with Crippen molar-refractivity contribution in [3.8, 4) is 0 Å². The molecule has 0 bridgehead atoms. The lowest BCUT2D eigenvalue weighted by Gasteiger charge is -2.14. The summed E-state index contributed by atoms with van der Waals surface area (Å²) in [6.07, 6.45) is -2.99. The monoisotopic (exact) mass is 261 g/mol. The predicted octanol–water partition coefficient (Wildman–Crippen LogP) is 3.22. The molecular formula is C13H18F3NO. The zero-order valence-electron chi connectivity index (χ0n) is 10.3. The van der Waals surface area contributed by atoms with Crippen LogP contribution in [0.15, 0.2) is 24.3 Å². The zero-order chi connectivity index (χ0) is 13.6. The molecule has 1 aromatic carbocycles. The Balaban J connectivity index is 2.38. The lowest BCUT2D eigenvalue weighted by Crippen LogP contribution is -2.19. The molecule has 0 spiro atoms. The van der Waals surface area contributed by atoms with Crippen molar-refractivity contribution >= 4 is 0 Å². The highest BCUT2D eigenvalue weighted by molar-refractivity contribution is 5.25. The van der Waals surface area contributed by atoms with Crippen LogP contribution in [0, 0.1) is 0 Å². The van der Waals surface area contributed by atoms with Gasteiger partial charge in [0.25, 0.3) is 0 Å². The summed E-state index contributed by atoms with van der Waals surface area (Å²) in [4.78, 5) is 0. The minimum Gasteiger partial charge on any atom is -0.372 e. The van der Waals surface area contributed by atoms with E-state index in [1.165, 1.54) is 5.56 Å². The Morgan fingerprint density at radius 1 is 1.33 bits per heavy atom. The molecule has 0 saturated heterocycles. The lowest BCUT2D eigenvalue weighted by molar-refractivity contribution is -0.174. The number of hydrogen-bond acceptors (Lipinski definition) is 2. The Morgan fingerprint density at radius 3 is 2.67 bits per heavy atom. The van der Waals surface area contributed by atoms with Gasteiger partial charge in [-0.2, -0.15) is 13.2 Å². The van der Waals surface area contributed by atoms with Gasteiger partial charge < -0.3 is 10.5 Å². The maximum Gasteiger partial charge on any atom is 0.411 e. The molecule has 0 heterocycles. The summed E-state index contributed by atoms with van der Waals surface area (Å²) in [5.74, 6) is 0. The summed E-state index contributed by atoms with van der Waals surface area (Å²) in [7, 11) is 0. The first-order valence-electron chi connectivity index (χ1n) is 5.91. The maximum absolute atomic E-state index is 11.8. The second-order valence-corrected chi connectivity index (χ2v) is 4.16. The summed E-state index contributed by atoms with van der Waals surface area (Å²) < 4.78 is 40.1. The molecule has 0 saturated carbocycles. The fourth-order valence-electron chi connectivity index (χ4n) is 1.61. The molecule has 0 aliphatic heterocycles. The Labute approximate surface area is 105 Å². The number of hydrogen-bond donors (Lipinski definition) is 1. The number of alkyl halides is 3. The van der Waals surface area contributed by atoms with Gasteiger partial charge in [0, 0.05) is 12.6 Å². The van der Waals surface area contributed by atoms with Gasteiger partial charge in [-0.1, -0.05) is 31.2 Å². The number of nitrogens with two attached hydrogens (primary N) is 1. The number of ether oxygens (including phenoxy) is 1. The van der Waals surface area contributed by atoms with E-state index in [0.717, 1.165) is 12.0 Å². The third kappa shape index (κ3) is 5.51. The summed E-state index contributed by atoms with van der Waals surface area (Å²) in [5, 5.41) is 0. The van der Waals surface area contributed by atoms with Crippen molar-refractivity contribution in [3.63, 3.8) is 0 Å². The minimum absolute atomic E-state index is 0.0109. The first kappa shape index (κ1) is 15.0. The summed E-state index contributed by atoms with van der Waals surface area (Å²) >= 11 is 0. The van der Waals surface area contributed by atoms with Gasteiger partial charge >= 0.3 is 6.18 Å². The van der Waals surface area contributed by atoms with Crippen LogP contribution in [0.25, 0.3) is 0 Å². The van der Waals surface area contributed by atoms with E-state index in [1.807, 2.05) is 31.2 Å². The molecule has 0 aliphatic rings. The molecule has 5 heteroatoms. The molecule has 0 radical (unpaired) electrons. The molecule has 0 aliphatic carbocycles. The normalized spacial score (nSPS) is 13.6. The average Bonchev–Trinajstić information content (AvgIpc) is 2.33. The number of halogens is 3. The van der Waals surface area contributed by atoms with Crippen molar-refractivity contribution in [1.82, 2.24) is 0 Å². The Bertz CT molecular complexity index is 365. The highest BCUT2D eigenvalue weighted by Gasteiger charge is 2.27. The molecule has 1 atom stereocenters. The minimum atomic E-state index is -4.27. The molecule has 0 aromatic heterocycles. The first-order chi connectivity index (χ1) is 8.42. The molecule has 1 aromatic rings. The maximum atomic E-state index is 11.8. The summed E-state index contributed by atoms with van der Waals surface area (Å²) in [6, 6.07) is 7.48. The SMILES string of the molecule is CCc1cccc(C(N)CCOCC(F)(F)F)c1. The van der Waals surface area contributed by atoms with Crippen molar-refractivity contribution in [2.45, 2.75) is 32.0 Å². The van der Waals surface area contributed by atoms with Gasteiger partial charge in [-0.25, -0.2) is 0 Å². The third-order valence-electron chi connectivity index (χ3n) is 2.63. The van der Waals surface area contributed by atoms with Crippen molar-refractivity contribution in [2.75, 3.05) is 13.2 Å². The smallest absolute Gasteiger partial charge is 0.372 e. The van der Waals surface area contributed by atoms with Crippen molar-refractivity contribution in [3.05, 3.63) is 35.4 Å². The van der Waals surface area contributed by atoms with E-state index in [4.69, 9.17) is 5.73 Å². The number of aryl methyl sites for hydroxylation is 1. The largest absolute Gasteiger partial charge is 0.411 e. The highest BCUT2D eigenvalue weighted by atomic mass is 19.4. The van der Waals surface area contributed by atoms with Crippen LogP contribution in [-0.4, -0.2) is 19.4 Å². The molecule has 1 unspecified atom stereocenters. The van der Waals surface area contributed by atoms with Crippen LogP contribution in [0.4, 0.5) is 13.2 Å². The lowest BCUT2D eigenvalue weighted by atomic mass is 10.0. The van der Waals surface area contributed by atoms with E-state index >= 15 is 0 Å². The van der Waals surface area contributed by atoms with Gasteiger partial charge in [-0.15, -0.1) is 0 Å². The summed E-state index contributed by atoms with van der Waals surface area (Å²) in [6.45, 7) is 0.836. The van der Waals surface area contributed by atoms with Gasteiger partial charge in [0.15, 0.2) is 0 Å². The van der Waals surface area contributed by atoms with Crippen LogP contribution in [0.5, 0.6) is 0 Å². The van der Waals surface area contributed by atoms with Crippen molar-refractivity contribution < 1.29 is 17.9 Å². The topological polar surface area (TPSA) is 35.2 Å². The number of rotatable bonds is 6. The van der Waals surface area contributed by atoms with Crippen LogP contribution in [-0.2, 0) is 11.2 Å². The van der Waals surface area contributed by atoms with E-state index in [0.29, 0.717) is 6.42 Å². The fourth-order valence-corrected chi connectivity index (χ4v) is 1.61. The van der Waals surface area contributed by atoms with E-state index in [1.54, 1.807) is 0 Å². The van der Waals surface area contributed by atoms with Crippen LogP contribution in [0.1, 0.15) is 30.5 Å². The molecule has 18 heavy (non-hydrogen) atoms. The second kappa shape index (κ2) is 6.75. The van der Waals surface area contributed by atoms with Crippen LogP contribution in [0.2, 0.25) is 0 Å². The van der Waals surface area contributed by atoms with Gasteiger partial charge in [0.05, 0.1) is 0 Å². The Hall–Kier alpha value is -1.07. The van der Waals surface area contributed by atoms with Gasteiger partial charge in [-0.05, 0) is 24.0 Å². The van der Waals surface area contributed by atoms with Crippen molar-refractivity contribution in [2.24, 2.45) is 5.73 Å². The zero-order valence-corrected chi connectivity index (χ0v) is 10.3. The predicted molar refractivity (Wildman–Crippen MR) is 64.2 cm³/mol. The molecule has 0 fully saturated rings. The van der Waals surface area contributed by atoms with E-state index in [9.17, 15) is 13.2 Å².